The van der Waals surface area contributed by atoms with Crippen molar-refractivity contribution in [3.8, 4) is 5.88 Å². The van der Waals surface area contributed by atoms with Gasteiger partial charge in [0.05, 0.1) is 29.0 Å². The van der Waals surface area contributed by atoms with Gasteiger partial charge in [-0.2, -0.15) is 0 Å². The third-order valence-electron chi connectivity index (χ3n) is 5.51. The first-order valence-electron chi connectivity index (χ1n) is 10.1. The lowest BCUT2D eigenvalue weighted by Crippen LogP contribution is -2.34. The van der Waals surface area contributed by atoms with Crippen LogP contribution in [0.1, 0.15) is 12.1 Å². The number of rotatable bonds is 8. The maximum atomic E-state index is 14.9. The van der Waals surface area contributed by atoms with Gasteiger partial charge in [0, 0.05) is 50.2 Å². The molecule has 0 saturated carbocycles. The fourth-order valence-electron chi connectivity index (χ4n) is 3.81. The van der Waals surface area contributed by atoms with Gasteiger partial charge in [0.1, 0.15) is 10.7 Å². The number of nitrogens with zero attached hydrogens (tertiary/aromatic N) is 4. The Morgan fingerprint density at radius 1 is 1.39 bits per heavy atom. The highest BCUT2D eigenvalue weighted by Crippen LogP contribution is 2.33. The largest absolute Gasteiger partial charge is 0.481 e. The third kappa shape index (κ3) is 5.37. The normalized spacial score (nSPS) is 16.7. The lowest BCUT2D eigenvalue weighted by atomic mass is 10.2. The van der Waals surface area contributed by atoms with Crippen molar-refractivity contribution >= 4 is 44.5 Å². The maximum Gasteiger partial charge on any atom is 0.266 e. The number of hydrogen-bond acceptors (Lipinski definition) is 8. The number of aromatic nitrogens is 2. The molecule has 1 atom stereocenters. The predicted molar refractivity (Wildman–Crippen MR) is 127 cm³/mol. The highest BCUT2D eigenvalue weighted by molar-refractivity contribution is 7.92. The summed E-state index contributed by atoms with van der Waals surface area (Å²) in [5.74, 6) is -0.172. The SMILES string of the molecule is COc1cccc(CN2CCC(N(C)c3cc(F)c(S(=O)(=O)Nc4cscn4)cc3Cl)C2)n1. The van der Waals surface area contributed by atoms with Gasteiger partial charge >= 0.3 is 0 Å². The first-order chi connectivity index (χ1) is 15.8. The van der Waals surface area contributed by atoms with Crippen molar-refractivity contribution in [1.82, 2.24) is 14.9 Å². The van der Waals surface area contributed by atoms with E-state index in [-0.39, 0.29) is 16.9 Å². The molecule has 1 fully saturated rings. The number of sulfonamides is 1. The van der Waals surface area contributed by atoms with Gasteiger partial charge < -0.3 is 9.64 Å². The highest BCUT2D eigenvalue weighted by atomic mass is 35.5. The molecule has 3 heterocycles. The second-order valence-electron chi connectivity index (χ2n) is 7.67. The standard InChI is InChI=1S/C21H23ClFN5O3S2/c1-27(15-6-7-28(11-15)10-14-4-3-5-21(25-14)31-2)18-9-17(23)19(8-16(18)22)33(29,30)26-20-12-32-13-24-20/h3-5,8-9,12-13,15,26H,6-7,10-11H2,1-2H3. The number of ether oxygens (including phenoxy) is 1. The summed E-state index contributed by atoms with van der Waals surface area (Å²) >= 11 is 7.64. The molecule has 33 heavy (non-hydrogen) atoms. The van der Waals surface area contributed by atoms with E-state index in [0.29, 0.717) is 18.1 Å². The molecule has 0 bridgehead atoms. The molecule has 1 aliphatic heterocycles. The van der Waals surface area contributed by atoms with Crippen LogP contribution in [0.25, 0.3) is 0 Å². The molecular weight excluding hydrogens is 489 g/mol. The van der Waals surface area contributed by atoms with E-state index in [2.05, 4.69) is 19.6 Å². The molecule has 176 valence electrons. The van der Waals surface area contributed by atoms with Crippen molar-refractivity contribution in [1.29, 1.82) is 0 Å². The smallest absolute Gasteiger partial charge is 0.266 e. The van der Waals surface area contributed by atoms with Crippen LogP contribution in [0.2, 0.25) is 5.02 Å². The summed E-state index contributed by atoms with van der Waals surface area (Å²) in [6, 6.07) is 8.06. The van der Waals surface area contributed by atoms with Crippen molar-refractivity contribution < 1.29 is 17.5 Å². The molecule has 1 aromatic carbocycles. The third-order valence-corrected chi connectivity index (χ3v) is 7.77. The first kappa shape index (κ1) is 23.7. The number of likely N-dealkylation sites (N-methyl/N-ethyl adjacent to an activating group) is 1. The van der Waals surface area contributed by atoms with Crippen LogP contribution in [0.15, 0.2) is 46.1 Å². The van der Waals surface area contributed by atoms with E-state index < -0.39 is 20.7 Å². The molecule has 1 aliphatic rings. The first-order valence-corrected chi connectivity index (χ1v) is 12.9. The quantitative estimate of drug-likeness (QED) is 0.491. The Morgan fingerprint density at radius 2 is 2.21 bits per heavy atom. The Bertz CT molecular complexity index is 1230. The van der Waals surface area contributed by atoms with Crippen molar-refractivity contribution in [2.75, 3.05) is 36.9 Å². The molecule has 1 N–H and O–H groups in total. The molecule has 8 nitrogen and oxygen atoms in total. The fourth-order valence-corrected chi connectivity index (χ4v) is 5.81. The fraction of sp³-hybridized carbons (Fsp3) is 0.333. The van der Waals surface area contributed by atoms with Gasteiger partial charge in [-0.1, -0.05) is 17.7 Å². The molecule has 4 rings (SSSR count). The number of hydrogen-bond donors (Lipinski definition) is 1. The van der Waals surface area contributed by atoms with Gasteiger partial charge in [-0.3, -0.25) is 9.62 Å². The number of benzene rings is 1. The van der Waals surface area contributed by atoms with Crippen LogP contribution in [0.5, 0.6) is 5.88 Å². The number of thiazole rings is 1. The van der Waals surface area contributed by atoms with Gasteiger partial charge in [0.15, 0.2) is 5.82 Å². The lowest BCUT2D eigenvalue weighted by Gasteiger charge is -2.28. The second kappa shape index (κ2) is 9.80. The van der Waals surface area contributed by atoms with Crippen LogP contribution >= 0.6 is 22.9 Å². The van der Waals surface area contributed by atoms with Gasteiger partial charge in [-0.25, -0.2) is 22.8 Å². The van der Waals surface area contributed by atoms with Crippen molar-refractivity contribution in [2.45, 2.75) is 23.9 Å². The number of halogens is 2. The Labute approximate surface area is 201 Å². The van der Waals surface area contributed by atoms with Gasteiger partial charge in [0.25, 0.3) is 10.0 Å². The molecule has 2 aromatic heterocycles. The van der Waals surface area contributed by atoms with E-state index in [1.165, 1.54) is 28.3 Å². The van der Waals surface area contributed by atoms with Crippen molar-refractivity contribution in [2.24, 2.45) is 0 Å². The Kier molecular flexibility index (Phi) is 7.03. The molecule has 12 heteroatoms. The monoisotopic (exact) mass is 511 g/mol. The molecular formula is C21H23ClFN5O3S2. The Hall–Kier alpha value is -2.47. The minimum absolute atomic E-state index is 0.0862. The van der Waals surface area contributed by atoms with Crippen molar-refractivity contribution in [3.05, 3.63) is 57.8 Å². The summed E-state index contributed by atoms with van der Waals surface area (Å²) in [4.78, 5) is 12.0. The van der Waals surface area contributed by atoms with Crippen LogP contribution in [-0.2, 0) is 16.6 Å². The minimum atomic E-state index is -4.16. The van der Waals surface area contributed by atoms with Crippen LogP contribution in [0.3, 0.4) is 0 Å². The average molecular weight is 512 g/mol. The number of nitrogens with one attached hydrogen (secondary N) is 1. The van der Waals surface area contributed by atoms with E-state index in [1.54, 1.807) is 13.2 Å². The minimum Gasteiger partial charge on any atom is -0.481 e. The van der Waals surface area contributed by atoms with Gasteiger partial charge in [0.2, 0.25) is 5.88 Å². The molecule has 1 unspecified atom stereocenters. The van der Waals surface area contributed by atoms with Crippen LogP contribution in [0, 0.1) is 5.82 Å². The lowest BCUT2D eigenvalue weighted by molar-refractivity contribution is 0.318. The molecule has 1 saturated heterocycles. The van der Waals surface area contributed by atoms with Gasteiger partial charge in [-0.15, -0.1) is 11.3 Å². The zero-order chi connectivity index (χ0) is 23.6. The molecule has 0 amide bonds. The second-order valence-corrected chi connectivity index (χ2v) is 10.4. The van der Waals surface area contributed by atoms with E-state index in [9.17, 15) is 12.8 Å². The summed E-state index contributed by atoms with van der Waals surface area (Å²) in [5.41, 5.74) is 2.83. The van der Waals surface area contributed by atoms with E-state index >= 15 is 0 Å². The Morgan fingerprint density at radius 3 is 2.94 bits per heavy atom. The maximum absolute atomic E-state index is 14.9. The highest BCUT2D eigenvalue weighted by Gasteiger charge is 2.29. The summed E-state index contributed by atoms with van der Waals surface area (Å²) in [6.45, 7) is 2.25. The number of pyridine rings is 1. The van der Waals surface area contributed by atoms with Crippen LogP contribution in [-0.4, -0.2) is 56.6 Å². The van der Waals surface area contributed by atoms with Crippen LogP contribution in [0.4, 0.5) is 15.9 Å². The molecule has 3 aromatic rings. The topological polar surface area (TPSA) is 87.7 Å². The summed E-state index contributed by atoms with van der Waals surface area (Å²) in [6.07, 6.45) is 0.851. The number of likely N-dealkylation sites (tertiary alicyclic amines) is 1. The zero-order valence-corrected chi connectivity index (χ0v) is 20.4. The number of methoxy groups -OCH3 is 1. The Balaban J connectivity index is 1.47. The van der Waals surface area contributed by atoms with E-state index in [0.717, 1.165) is 31.3 Å². The molecule has 0 radical (unpaired) electrons. The summed E-state index contributed by atoms with van der Waals surface area (Å²) in [5, 5.41) is 1.68. The van der Waals surface area contributed by atoms with E-state index in [1.807, 2.05) is 24.1 Å². The summed E-state index contributed by atoms with van der Waals surface area (Å²) in [7, 11) is -0.738. The zero-order valence-electron chi connectivity index (χ0n) is 18.0. The van der Waals surface area contributed by atoms with E-state index in [4.69, 9.17) is 16.3 Å². The molecule has 0 spiro atoms. The number of anilines is 2. The molecule has 0 aliphatic carbocycles. The predicted octanol–water partition coefficient (Wildman–Crippen LogP) is 3.85. The van der Waals surface area contributed by atoms with Gasteiger partial charge in [-0.05, 0) is 18.6 Å². The summed E-state index contributed by atoms with van der Waals surface area (Å²) < 4.78 is 47.5. The van der Waals surface area contributed by atoms with Crippen molar-refractivity contribution in [3.63, 3.8) is 0 Å². The van der Waals surface area contributed by atoms with Crippen LogP contribution < -0.4 is 14.4 Å². The average Bonchev–Trinajstić information content (AvgIpc) is 3.46.